The molecular weight excluding hydrogens is 439 g/mol. The summed E-state index contributed by atoms with van der Waals surface area (Å²) in [5.41, 5.74) is 0.662. The number of carbonyl (C=O) groups excluding carboxylic acids is 1. The lowest BCUT2D eigenvalue weighted by molar-refractivity contribution is 0.102. The zero-order chi connectivity index (χ0) is 21.2. The Bertz CT molecular complexity index is 1150. The number of hydrogen-bond donors (Lipinski definition) is 1. The maximum absolute atomic E-state index is 13.3. The maximum atomic E-state index is 13.3. The molecule has 0 radical (unpaired) electrons. The fourth-order valence-electron chi connectivity index (χ4n) is 2.51. The number of benzene rings is 2. The average molecular weight is 455 g/mol. The highest BCUT2D eigenvalue weighted by atomic mass is 35.5. The molecule has 2 aromatic carbocycles. The van der Waals surface area contributed by atoms with Crippen LogP contribution in [0.1, 0.15) is 9.67 Å². The van der Waals surface area contributed by atoms with Crippen LogP contribution in [0.2, 0.25) is 5.02 Å². The largest absolute Gasteiger partial charge is 0.497 e. The molecule has 0 aliphatic carbocycles. The maximum Gasteiger partial charge on any atom is 0.267 e. The third kappa shape index (κ3) is 4.36. The molecule has 0 aliphatic rings. The first kappa shape index (κ1) is 21.1. The van der Waals surface area contributed by atoms with Crippen LogP contribution in [0.25, 0.3) is 0 Å². The molecule has 0 saturated carbocycles. The van der Waals surface area contributed by atoms with Crippen LogP contribution in [0, 0.1) is 5.82 Å². The van der Waals surface area contributed by atoms with E-state index in [4.69, 9.17) is 16.3 Å². The van der Waals surface area contributed by atoms with Gasteiger partial charge in [-0.25, -0.2) is 12.8 Å². The van der Waals surface area contributed by atoms with Gasteiger partial charge in [0.25, 0.3) is 15.9 Å². The molecule has 29 heavy (non-hydrogen) atoms. The van der Waals surface area contributed by atoms with Gasteiger partial charge in [0, 0.05) is 12.7 Å². The van der Waals surface area contributed by atoms with Crippen LogP contribution in [-0.4, -0.2) is 28.5 Å². The van der Waals surface area contributed by atoms with Crippen LogP contribution in [0.4, 0.5) is 15.8 Å². The van der Waals surface area contributed by atoms with Crippen LogP contribution >= 0.6 is 22.9 Å². The Balaban J connectivity index is 1.88. The van der Waals surface area contributed by atoms with Gasteiger partial charge in [0.15, 0.2) is 0 Å². The third-order valence-electron chi connectivity index (χ3n) is 4.09. The number of thiophene rings is 1. The monoisotopic (exact) mass is 454 g/mol. The minimum Gasteiger partial charge on any atom is -0.497 e. The van der Waals surface area contributed by atoms with E-state index < -0.39 is 21.7 Å². The van der Waals surface area contributed by atoms with Crippen molar-refractivity contribution in [2.45, 2.75) is 4.90 Å². The van der Waals surface area contributed by atoms with E-state index in [0.717, 1.165) is 21.7 Å². The summed E-state index contributed by atoms with van der Waals surface area (Å²) >= 11 is 6.71. The van der Waals surface area contributed by atoms with Crippen LogP contribution in [0.5, 0.6) is 5.75 Å². The van der Waals surface area contributed by atoms with E-state index in [1.807, 2.05) is 0 Å². The van der Waals surface area contributed by atoms with Gasteiger partial charge in [0.1, 0.15) is 21.3 Å². The van der Waals surface area contributed by atoms with Gasteiger partial charge in [-0.05, 0) is 53.9 Å². The number of carbonyl (C=O) groups is 1. The van der Waals surface area contributed by atoms with Gasteiger partial charge in [-0.1, -0.05) is 11.6 Å². The molecule has 3 rings (SSSR count). The average Bonchev–Trinajstić information content (AvgIpc) is 3.21. The highest BCUT2D eigenvalue weighted by Crippen LogP contribution is 2.30. The fourth-order valence-corrected chi connectivity index (χ4v) is 5.18. The van der Waals surface area contributed by atoms with E-state index in [9.17, 15) is 17.6 Å². The molecule has 0 atom stereocenters. The highest BCUT2D eigenvalue weighted by Gasteiger charge is 2.28. The summed E-state index contributed by atoms with van der Waals surface area (Å²) < 4.78 is 45.6. The topological polar surface area (TPSA) is 75.7 Å². The second-order valence-corrected chi connectivity index (χ2v) is 9.13. The molecule has 3 aromatic rings. The Kier molecular flexibility index (Phi) is 6.11. The van der Waals surface area contributed by atoms with Crippen LogP contribution in [-0.2, 0) is 10.0 Å². The van der Waals surface area contributed by atoms with Crippen molar-refractivity contribution in [1.29, 1.82) is 0 Å². The first-order valence-electron chi connectivity index (χ1n) is 8.21. The third-order valence-corrected chi connectivity index (χ3v) is 7.25. The fraction of sp³-hybridized carbons (Fsp3) is 0.105. The number of sulfonamides is 1. The molecule has 0 fully saturated rings. The molecule has 6 nitrogen and oxygen atoms in total. The molecule has 0 saturated heterocycles. The summed E-state index contributed by atoms with van der Waals surface area (Å²) in [5, 5.41) is 3.90. The number of halogens is 2. The van der Waals surface area contributed by atoms with Crippen molar-refractivity contribution in [2.24, 2.45) is 0 Å². The SMILES string of the molecule is COc1ccc(N(C)S(=O)(=O)c2ccsc2C(=O)Nc2ccc(F)c(Cl)c2)cc1. The molecule has 152 valence electrons. The van der Waals surface area contributed by atoms with Crippen LogP contribution in [0.3, 0.4) is 0 Å². The van der Waals surface area contributed by atoms with Crippen molar-refractivity contribution in [3.05, 3.63) is 69.6 Å². The normalized spacial score (nSPS) is 11.2. The number of ether oxygens (including phenoxy) is 1. The smallest absolute Gasteiger partial charge is 0.267 e. The van der Waals surface area contributed by atoms with Crippen molar-refractivity contribution < 1.29 is 22.3 Å². The summed E-state index contributed by atoms with van der Waals surface area (Å²) in [7, 11) is -1.08. The summed E-state index contributed by atoms with van der Waals surface area (Å²) in [4.78, 5) is 12.5. The predicted molar refractivity (Wildman–Crippen MR) is 112 cm³/mol. The number of anilines is 2. The summed E-state index contributed by atoms with van der Waals surface area (Å²) in [6.45, 7) is 0. The zero-order valence-electron chi connectivity index (χ0n) is 15.3. The summed E-state index contributed by atoms with van der Waals surface area (Å²) in [6, 6.07) is 11.5. The van der Waals surface area contributed by atoms with E-state index in [2.05, 4.69) is 5.32 Å². The Morgan fingerprint density at radius 2 is 1.86 bits per heavy atom. The minimum absolute atomic E-state index is 0.00538. The lowest BCUT2D eigenvalue weighted by Crippen LogP contribution is -2.28. The van der Waals surface area contributed by atoms with Crippen LogP contribution in [0.15, 0.2) is 58.8 Å². The number of amides is 1. The van der Waals surface area contributed by atoms with E-state index >= 15 is 0 Å². The molecule has 10 heteroatoms. The van der Waals surface area contributed by atoms with Gasteiger partial charge >= 0.3 is 0 Å². The second-order valence-electron chi connectivity index (χ2n) is 5.87. The van der Waals surface area contributed by atoms with Crippen molar-refractivity contribution in [3.63, 3.8) is 0 Å². The van der Waals surface area contributed by atoms with Crippen molar-refractivity contribution >= 4 is 50.2 Å². The van der Waals surface area contributed by atoms with Gasteiger partial charge in [0.05, 0.1) is 17.8 Å². The highest BCUT2D eigenvalue weighted by molar-refractivity contribution is 7.93. The molecule has 1 amide bonds. The first-order chi connectivity index (χ1) is 13.7. The summed E-state index contributed by atoms with van der Waals surface area (Å²) in [6.07, 6.45) is 0. The van der Waals surface area contributed by atoms with Gasteiger partial charge in [-0.15, -0.1) is 11.3 Å². The lowest BCUT2D eigenvalue weighted by atomic mass is 10.3. The van der Waals surface area contributed by atoms with Crippen molar-refractivity contribution in [3.8, 4) is 5.75 Å². The predicted octanol–water partition coefficient (Wildman–Crippen LogP) is 4.63. The van der Waals surface area contributed by atoms with E-state index in [1.165, 1.54) is 37.7 Å². The number of hydrogen-bond acceptors (Lipinski definition) is 5. The van der Waals surface area contributed by atoms with Gasteiger partial charge in [-0.2, -0.15) is 0 Å². The standard InChI is InChI=1S/C19H16ClFN2O4S2/c1-23(13-4-6-14(27-2)7-5-13)29(25,26)17-9-10-28-18(17)19(24)22-12-3-8-16(21)15(20)11-12/h3-11H,1-2H3,(H,22,24). The van der Waals surface area contributed by atoms with Crippen molar-refractivity contribution in [1.82, 2.24) is 0 Å². The Morgan fingerprint density at radius 3 is 2.48 bits per heavy atom. The Morgan fingerprint density at radius 1 is 1.17 bits per heavy atom. The molecule has 0 bridgehead atoms. The number of methoxy groups -OCH3 is 1. The Labute approximate surface area is 176 Å². The molecule has 0 unspecified atom stereocenters. The van der Waals surface area contributed by atoms with Crippen molar-refractivity contribution in [2.75, 3.05) is 23.8 Å². The Hall–Kier alpha value is -2.62. The van der Waals surface area contributed by atoms with E-state index in [0.29, 0.717) is 11.4 Å². The zero-order valence-corrected chi connectivity index (χ0v) is 17.7. The minimum atomic E-state index is -4.00. The van der Waals surface area contributed by atoms with E-state index in [1.54, 1.807) is 24.3 Å². The quantitative estimate of drug-likeness (QED) is 0.589. The van der Waals surface area contributed by atoms with Gasteiger partial charge in [0.2, 0.25) is 0 Å². The molecule has 0 spiro atoms. The van der Waals surface area contributed by atoms with Gasteiger partial charge < -0.3 is 10.1 Å². The van der Waals surface area contributed by atoms with Crippen LogP contribution < -0.4 is 14.4 Å². The first-order valence-corrected chi connectivity index (χ1v) is 10.9. The lowest BCUT2D eigenvalue weighted by Gasteiger charge is -2.20. The second kappa shape index (κ2) is 8.40. The van der Waals surface area contributed by atoms with E-state index in [-0.39, 0.29) is 20.5 Å². The van der Waals surface area contributed by atoms with Gasteiger partial charge in [-0.3, -0.25) is 9.10 Å². The molecule has 0 aliphatic heterocycles. The number of nitrogens with zero attached hydrogens (tertiary/aromatic N) is 1. The number of nitrogens with one attached hydrogen (secondary N) is 1. The molecule has 1 aromatic heterocycles. The summed E-state index contributed by atoms with van der Waals surface area (Å²) in [5.74, 6) is -0.664. The molecule has 1 N–H and O–H groups in total. The molecular formula is C19H16ClFN2O4S2. The molecule has 1 heterocycles. The number of rotatable bonds is 6.